The van der Waals surface area contributed by atoms with Gasteiger partial charge >= 0.3 is 5.97 Å². The van der Waals surface area contributed by atoms with Crippen LogP contribution in [0.15, 0.2) is 72.8 Å². The summed E-state index contributed by atoms with van der Waals surface area (Å²) in [5, 5.41) is 0. The third-order valence-electron chi connectivity index (χ3n) is 4.68. The highest BCUT2D eigenvalue weighted by atomic mass is 16.5. The van der Waals surface area contributed by atoms with Gasteiger partial charge in [0.1, 0.15) is 5.75 Å². The standard InChI is InChI=1S/C25H24O3/c1-17(26)18-5-7-19(8-6-18)20-9-11-21(12-10-20)24(27)28-23-15-13-22(14-16-23)25(2,3)4/h5-16H,1-4H3. The molecule has 0 atom stereocenters. The van der Waals surface area contributed by atoms with Gasteiger partial charge in [0, 0.05) is 5.56 Å². The largest absolute Gasteiger partial charge is 0.423 e. The fourth-order valence-electron chi connectivity index (χ4n) is 2.89. The molecular weight excluding hydrogens is 348 g/mol. The van der Waals surface area contributed by atoms with E-state index in [0.717, 1.165) is 11.1 Å². The van der Waals surface area contributed by atoms with Gasteiger partial charge in [-0.25, -0.2) is 4.79 Å². The van der Waals surface area contributed by atoms with E-state index in [-0.39, 0.29) is 17.2 Å². The van der Waals surface area contributed by atoms with Crippen LogP contribution in [0, 0.1) is 0 Å². The first-order valence-corrected chi connectivity index (χ1v) is 9.28. The summed E-state index contributed by atoms with van der Waals surface area (Å²) in [7, 11) is 0. The molecule has 3 aromatic carbocycles. The van der Waals surface area contributed by atoms with Crippen LogP contribution in [0.2, 0.25) is 0 Å². The molecule has 0 unspecified atom stereocenters. The van der Waals surface area contributed by atoms with Crippen LogP contribution in [0.5, 0.6) is 5.75 Å². The predicted octanol–water partition coefficient (Wildman–Crippen LogP) is 6.07. The van der Waals surface area contributed by atoms with E-state index in [0.29, 0.717) is 16.9 Å². The first-order chi connectivity index (χ1) is 13.2. The van der Waals surface area contributed by atoms with Crippen molar-refractivity contribution in [2.45, 2.75) is 33.1 Å². The summed E-state index contributed by atoms with van der Waals surface area (Å²) in [6.45, 7) is 7.97. The molecule has 3 heteroatoms. The molecule has 0 radical (unpaired) electrons. The molecule has 0 saturated carbocycles. The van der Waals surface area contributed by atoms with E-state index in [9.17, 15) is 9.59 Å². The van der Waals surface area contributed by atoms with Crippen molar-refractivity contribution in [1.82, 2.24) is 0 Å². The number of rotatable bonds is 4. The SMILES string of the molecule is CC(=O)c1ccc(-c2ccc(C(=O)Oc3ccc(C(C)(C)C)cc3)cc2)cc1. The lowest BCUT2D eigenvalue weighted by Crippen LogP contribution is -2.11. The number of esters is 1. The lowest BCUT2D eigenvalue weighted by atomic mass is 9.87. The topological polar surface area (TPSA) is 43.4 Å². The summed E-state index contributed by atoms with van der Waals surface area (Å²) < 4.78 is 5.48. The minimum Gasteiger partial charge on any atom is -0.423 e. The van der Waals surface area contributed by atoms with E-state index < -0.39 is 0 Å². The van der Waals surface area contributed by atoms with E-state index in [1.54, 1.807) is 31.2 Å². The zero-order valence-electron chi connectivity index (χ0n) is 16.7. The molecular formula is C25H24O3. The molecule has 0 fully saturated rings. The molecule has 142 valence electrons. The molecule has 0 aliphatic heterocycles. The summed E-state index contributed by atoms with van der Waals surface area (Å²) in [4.78, 5) is 23.8. The van der Waals surface area contributed by atoms with Gasteiger partial charge in [-0.05, 0) is 53.3 Å². The second-order valence-electron chi connectivity index (χ2n) is 7.87. The highest BCUT2D eigenvalue weighted by Crippen LogP contribution is 2.25. The molecule has 0 heterocycles. The van der Waals surface area contributed by atoms with Crippen molar-refractivity contribution < 1.29 is 14.3 Å². The number of hydrogen-bond donors (Lipinski definition) is 0. The Morgan fingerprint density at radius 2 is 1.14 bits per heavy atom. The molecule has 0 saturated heterocycles. The van der Waals surface area contributed by atoms with E-state index in [1.807, 2.05) is 48.5 Å². The number of carbonyl (C=O) groups excluding carboxylic acids is 2. The van der Waals surface area contributed by atoms with Crippen LogP contribution < -0.4 is 4.74 Å². The highest BCUT2D eigenvalue weighted by molar-refractivity contribution is 5.94. The average Bonchev–Trinajstić information content (AvgIpc) is 2.68. The lowest BCUT2D eigenvalue weighted by molar-refractivity contribution is 0.0734. The van der Waals surface area contributed by atoms with Crippen LogP contribution in [0.3, 0.4) is 0 Å². The molecule has 0 spiro atoms. The van der Waals surface area contributed by atoms with Crippen molar-refractivity contribution in [2.24, 2.45) is 0 Å². The normalized spacial score (nSPS) is 11.1. The van der Waals surface area contributed by atoms with Crippen molar-refractivity contribution in [1.29, 1.82) is 0 Å². The number of ketones is 1. The van der Waals surface area contributed by atoms with E-state index in [1.165, 1.54) is 5.56 Å². The molecule has 0 bridgehead atoms. The summed E-state index contributed by atoms with van der Waals surface area (Å²) in [5.41, 5.74) is 4.38. The second kappa shape index (κ2) is 7.81. The first kappa shape index (κ1) is 19.6. The summed E-state index contributed by atoms with van der Waals surface area (Å²) in [5.74, 6) is 0.184. The van der Waals surface area contributed by atoms with Crippen LogP contribution in [0.1, 0.15) is 54.0 Å². The minimum atomic E-state index is -0.387. The Labute approximate surface area is 166 Å². The van der Waals surface area contributed by atoms with Crippen molar-refractivity contribution >= 4 is 11.8 Å². The third kappa shape index (κ3) is 4.55. The summed E-state index contributed by atoms with van der Waals surface area (Å²) in [6, 6.07) is 22.3. The van der Waals surface area contributed by atoms with Gasteiger partial charge in [-0.15, -0.1) is 0 Å². The van der Waals surface area contributed by atoms with Crippen molar-refractivity contribution in [3.63, 3.8) is 0 Å². The van der Waals surface area contributed by atoms with Crippen molar-refractivity contribution in [3.05, 3.63) is 89.5 Å². The average molecular weight is 372 g/mol. The maximum Gasteiger partial charge on any atom is 0.343 e. The number of carbonyl (C=O) groups is 2. The van der Waals surface area contributed by atoms with Gasteiger partial charge in [0.15, 0.2) is 5.78 Å². The molecule has 0 N–H and O–H groups in total. The minimum absolute atomic E-state index is 0.0418. The zero-order valence-corrected chi connectivity index (χ0v) is 16.7. The highest BCUT2D eigenvalue weighted by Gasteiger charge is 2.14. The smallest absolute Gasteiger partial charge is 0.343 e. The Kier molecular flexibility index (Phi) is 5.46. The number of benzene rings is 3. The van der Waals surface area contributed by atoms with Crippen LogP contribution in [0.25, 0.3) is 11.1 Å². The Hall–Kier alpha value is -3.20. The zero-order chi connectivity index (χ0) is 20.3. The Morgan fingerprint density at radius 1 is 0.679 bits per heavy atom. The first-order valence-electron chi connectivity index (χ1n) is 9.28. The van der Waals surface area contributed by atoms with E-state index in [2.05, 4.69) is 20.8 Å². The number of ether oxygens (including phenoxy) is 1. The number of Topliss-reactive ketones (excluding diaryl/α,β-unsaturated/α-hetero) is 1. The van der Waals surface area contributed by atoms with Gasteiger partial charge in [-0.3, -0.25) is 4.79 Å². The Morgan fingerprint density at radius 3 is 1.57 bits per heavy atom. The Balaban J connectivity index is 1.70. The van der Waals surface area contributed by atoms with Crippen molar-refractivity contribution in [3.8, 4) is 16.9 Å². The molecule has 28 heavy (non-hydrogen) atoms. The van der Waals surface area contributed by atoms with Gasteiger partial charge < -0.3 is 4.74 Å². The van der Waals surface area contributed by atoms with Crippen LogP contribution in [0.4, 0.5) is 0 Å². The molecule has 0 aliphatic rings. The Bertz CT molecular complexity index is 974. The number of hydrogen-bond acceptors (Lipinski definition) is 3. The molecule has 0 amide bonds. The van der Waals surface area contributed by atoms with E-state index >= 15 is 0 Å². The predicted molar refractivity (Wildman–Crippen MR) is 112 cm³/mol. The fourth-order valence-corrected chi connectivity index (χ4v) is 2.89. The third-order valence-corrected chi connectivity index (χ3v) is 4.68. The van der Waals surface area contributed by atoms with Crippen LogP contribution in [-0.2, 0) is 5.41 Å². The van der Waals surface area contributed by atoms with Crippen molar-refractivity contribution in [2.75, 3.05) is 0 Å². The lowest BCUT2D eigenvalue weighted by Gasteiger charge is -2.19. The molecule has 0 aromatic heterocycles. The maximum absolute atomic E-state index is 12.4. The van der Waals surface area contributed by atoms with Gasteiger partial charge in [0.2, 0.25) is 0 Å². The summed E-state index contributed by atoms with van der Waals surface area (Å²) >= 11 is 0. The van der Waals surface area contributed by atoms with Gasteiger partial charge in [-0.2, -0.15) is 0 Å². The molecule has 3 rings (SSSR count). The molecule has 3 nitrogen and oxygen atoms in total. The summed E-state index contributed by atoms with van der Waals surface area (Å²) in [6.07, 6.45) is 0. The molecule has 0 aliphatic carbocycles. The fraction of sp³-hybridized carbons (Fsp3) is 0.200. The van der Waals surface area contributed by atoms with Crippen LogP contribution in [-0.4, -0.2) is 11.8 Å². The van der Waals surface area contributed by atoms with Crippen LogP contribution >= 0.6 is 0 Å². The monoisotopic (exact) mass is 372 g/mol. The quantitative estimate of drug-likeness (QED) is 0.317. The maximum atomic E-state index is 12.4. The van der Waals surface area contributed by atoms with Gasteiger partial charge in [-0.1, -0.05) is 69.3 Å². The molecule has 3 aromatic rings. The van der Waals surface area contributed by atoms with E-state index in [4.69, 9.17) is 4.74 Å². The van der Waals surface area contributed by atoms with Gasteiger partial charge in [0.25, 0.3) is 0 Å². The second-order valence-corrected chi connectivity index (χ2v) is 7.87. The van der Waals surface area contributed by atoms with Gasteiger partial charge in [0.05, 0.1) is 5.56 Å².